The number of likely N-dealkylation sites (tertiary alicyclic amines) is 1. The Labute approximate surface area is 134 Å². The van der Waals surface area contributed by atoms with Crippen molar-refractivity contribution in [3.8, 4) is 11.3 Å². The standard InChI is InChI=1S/C17H17ClN2O2/c18-13-5-3-12(4-6-13)14-11-15(19-22-14)17(7-8-17)16(21)20-9-1-2-10-20/h3-6,11H,1-2,7-10H2. The van der Waals surface area contributed by atoms with Gasteiger partial charge in [-0.2, -0.15) is 0 Å². The van der Waals surface area contributed by atoms with E-state index in [4.69, 9.17) is 16.1 Å². The van der Waals surface area contributed by atoms with Crippen molar-refractivity contribution >= 4 is 17.5 Å². The molecule has 0 atom stereocenters. The Balaban J connectivity index is 1.61. The van der Waals surface area contributed by atoms with Crippen LogP contribution in [0.15, 0.2) is 34.9 Å². The first-order valence-corrected chi connectivity index (χ1v) is 8.09. The highest BCUT2D eigenvalue weighted by Crippen LogP contribution is 2.50. The fraction of sp³-hybridized carbons (Fsp3) is 0.412. The van der Waals surface area contributed by atoms with Crippen LogP contribution < -0.4 is 0 Å². The largest absolute Gasteiger partial charge is 0.356 e. The Hall–Kier alpha value is -1.81. The third-order valence-electron chi connectivity index (χ3n) is 4.68. The highest BCUT2D eigenvalue weighted by Gasteiger charge is 2.55. The highest BCUT2D eigenvalue weighted by atomic mass is 35.5. The second-order valence-corrected chi connectivity index (χ2v) is 6.60. The van der Waals surface area contributed by atoms with Gasteiger partial charge in [-0.3, -0.25) is 4.79 Å². The van der Waals surface area contributed by atoms with Crippen LogP contribution in [0.3, 0.4) is 0 Å². The van der Waals surface area contributed by atoms with Crippen molar-refractivity contribution in [3.63, 3.8) is 0 Å². The lowest BCUT2D eigenvalue weighted by Crippen LogP contribution is -2.37. The Bertz CT molecular complexity index is 698. The number of amides is 1. The number of nitrogens with zero attached hydrogens (tertiary/aromatic N) is 2. The van der Waals surface area contributed by atoms with Gasteiger partial charge in [-0.1, -0.05) is 16.8 Å². The van der Waals surface area contributed by atoms with Crippen LogP contribution in [0.2, 0.25) is 5.02 Å². The molecule has 4 rings (SSSR count). The zero-order chi connectivity index (χ0) is 15.2. The first-order valence-electron chi connectivity index (χ1n) is 7.72. The fourth-order valence-electron chi connectivity index (χ4n) is 3.18. The predicted molar refractivity (Wildman–Crippen MR) is 83.7 cm³/mol. The minimum Gasteiger partial charge on any atom is -0.356 e. The lowest BCUT2D eigenvalue weighted by molar-refractivity contribution is -0.133. The molecule has 4 nitrogen and oxygen atoms in total. The Morgan fingerprint density at radius 2 is 1.86 bits per heavy atom. The van der Waals surface area contributed by atoms with Crippen molar-refractivity contribution in [2.45, 2.75) is 31.1 Å². The first-order chi connectivity index (χ1) is 10.7. The molecule has 2 heterocycles. The van der Waals surface area contributed by atoms with Gasteiger partial charge in [0, 0.05) is 29.7 Å². The van der Waals surface area contributed by atoms with Gasteiger partial charge in [0.25, 0.3) is 0 Å². The molecule has 0 radical (unpaired) electrons. The second-order valence-electron chi connectivity index (χ2n) is 6.16. The van der Waals surface area contributed by atoms with Crippen molar-refractivity contribution in [2.75, 3.05) is 13.1 Å². The van der Waals surface area contributed by atoms with Gasteiger partial charge in [0.1, 0.15) is 0 Å². The molecule has 0 spiro atoms. The van der Waals surface area contributed by atoms with E-state index in [2.05, 4.69) is 5.16 Å². The monoisotopic (exact) mass is 316 g/mol. The summed E-state index contributed by atoms with van der Waals surface area (Å²) in [6.45, 7) is 1.75. The van der Waals surface area contributed by atoms with Gasteiger partial charge in [-0.05, 0) is 49.9 Å². The van der Waals surface area contributed by atoms with E-state index in [0.717, 1.165) is 50.0 Å². The summed E-state index contributed by atoms with van der Waals surface area (Å²) in [5.74, 6) is 0.910. The smallest absolute Gasteiger partial charge is 0.234 e. The van der Waals surface area contributed by atoms with E-state index in [1.54, 1.807) is 0 Å². The van der Waals surface area contributed by atoms with Crippen LogP contribution in [0.5, 0.6) is 0 Å². The molecule has 1 aliphatic carbocycles. The molecule has 1 saturated carbocycles. The third-order valence-corrected chi connectivity index (χ3v) is 4.93. The molecule has 1 aromatic heterocycles. The lowest BCUT2D eigenvalue weighted by Gasteiger charge is -2.20. The maximum atomic E-state index is 12.7. The number of halogens is 1. The third kappa shape index (κ3) is 2.22. The molecule has 1 aromatic carbocycles. The van der Waals surface area contributed by atoms with Crippen LogP contribution in [-0.2, 0) is 10.2 Å². The van der Waals surface area contributed by atoms with E-state index in [9.17, 15) is 4.79 Å². The molecular formula is C17H17ClN2O2. The number of hydrogen-bond donors (Lipinski definition) is 0. The second kappa shape index (κ2) is 5.13. The van der Waals surface area contributed by atoms with Crippen LogP contribution in [0.25, 0.3) is 11.3 Å². The lowest BCUT2D eigenvalue weighted by atomic mass is 9.99. The molecule has 0 N–H and O–H groups in total. The topological polar surface area (TPSA) is 46.3 Å². The maximum absolute atomic E-state index is 12.7. The number of carbonyl (C=O) groups is 1. The minimum absolute atomic E-state index is 0.223. The van der Waals surface area contributed by atoms with Gasteiger partial charge in [0.05, 0.1) is 11.1 Å². The van der Waals surface area contributed by atoms with E-state index in [1.165, 1.54) is 0 Å². The molecule has 5 heteroatoms. The minimum atomic E-state index is -0.432. The Kier molecular flexibility index (Phi) is 3.22. The van der Waals surface area contributed by atoms with Crippen LogP contribution in [0.1, 0.15) is 31.4 Å². The SMILES string of the molecule is O=C(N1CCCC1)C1(c2cc(-c3ccc(Cl)cc3)on2)CC1. The van der Waals surface area contributed by atoms with E-state index >= 15 is 0 Å². The molecule has 0 bridgehead atoms. The maximum Gasteiger partial charge on any atom is 0.234 e. The molecule has 0 unspecified atom stereocenters. The number of hydrogen-bond acceptors (Lipinski definition) is 3. The summed E-state index contributed by atoms with van der Waals surface area (Å²) in [6, 6.07) is 9.34. The molecule has 2 fully saturated rings. The quantitative estimate of drug-likeness (QED) is 0.868. The molecule has 2 aromatic rings. The predicted octanol–water partition coefficient (Wildman–Crippen LogP) is 3.65. The zero-order valence-corrected chi connectivity index (χ0v) is 13.0. The van der Waals surface area contributed by atoms with E-state index < -0.39 is 5.41 Å². The summed E-state index contributed by atoms with van der Waals surface area (Å²) >= 11 is 5.90. The summed E-state index contributed by atoms with van der Waals surface area (Å²) in [7, 11) is 0. The Morgan fingerprint density at radius 3 is 2.50 bits per heavy atom. The summed E-state index contributed by atoms with van der Waals surface area (Å²) in [4.78, 5) is 14.7. The number of rotatable bonds is 3. The summed E-state index contributed by atoms with van der Waals surface area (Å²) in [6.07, 6.45) is 3.96. The van der Waals surface area contributed by atoms with Crippen LogP contribution in [-0.4, -0.2) is 29.1 Å². The number of aromatic nitrogens is 1. The average Bonchev–Trinajstić information content (AvgIpc) is 2.97. The van der Waals surface area contributed by atoms with Crippen molar-refractivity contribution < 1.29 is 9.32 Å². The number of benzene rings is 1. The van der Waals surface area contributed by atoms with Crippen LogP contribution in [0, 0.1) is 0 Å². The summed E-state index contributed by atoms with van der Waals surface area (Å²) in [5.41, 5.74) is 1.26. The summed E-state index contributed by atoms with van der Waals surface area (Å²) in [5, 5.41) is 4.87. The fourth-order valence-corrected chi connectivity index (χ4v) is 3.30. The average molecular weight is 317 g/mol. The number of carbonyl (C=O) groups excluding carboxylic acids is 1. The van der Waals surface area contributed by atoms with Gasteiger partial charge in [0.2, 0.25) is 5.91 Å². The normalized spacial score (nSPS) is 19.4. The van der Waals surface area contributed by atoms with Gasteiger partial charge >= 0.3 is 0 Å². The molecule has 1 amide bonds. The molecular weight excluding hydrogens is 300 g/mol. The Morgan fingerprint density at radius 1 is 1.18 bits per heavy atom. The van der Waals surface area contributed by atoms with Crippen molar-refractivity contribution in [2.24, 2.45) is 0 Å². The zero-order valence-electron chi connectivity index (χ0n) is 12.2. The van der Waals surface area contributed by atoms with Gasteiger partial charge in [-0.25, -0.2) is 0 Å². The van der Waals surface area contributed by atoms with Crippen molar-refractivity contribution in [1.29, 1.82) is 0 Å². The highest BCUT2D eigenvalue weighted by molar-refractivity contribution is 6.30. The molecule has 1 aliphatic heterocycles. The van der Waals surface area contributed by atoms with Crippen LogP contribution >= 0.6 is 11.6 Å². The molecule has 22 heavy (non-hydrogen) atoms. The van der Waals surface area contributed by atoms with Gasteiger partial charge in [0.15, 0.2) is 5.76 Å². The first kappa shape index (κ1) is 13.8. The summed E-state index contributed by atoms with van der Waals surface area (Å²) < 4.78 is 5.47. The van der Waals surface area contributed by atoms with E-state index in [0.29, 0.717) is 10.8 Å². The molecule has 114 valence electrons. The van der Waals surface area contributed by atoms with Crippen molar-refractivity contribution in [3.05, 3.63) is 41.0 Å². The van der Waals surface area contributed by atoms with Gasteiger partial charge < -0.3 is 9.42 Å². The molecule has 1 saturated heterocycles. The van der Waals surface area contributed by atoms with E-state index in [-0.39, 0.29) is 5.91 Å². The van der Waals surface area contributed by atoms with Crippen LogP contribution in [0.4, 0.5) is 0 Å². The van der Waals surface area contributed by atoms with E-state index in [1.807, 2.05) is 35.2 Å². The molecule has 2 aliphatic rings. The van der Waals surface area contributed by atoms with Gasteiger partial charge in [-0.15, -0.1) is 0 Å². The van der Waals surface area contributed by atoms with Crippen molar-refractivity contribution in [1.82, 2.24) is 10.1 Å².